The molecule has 0 aliphatic heterocycles. The Balaban J connectivity index is 3.18. The summed E-state index contributed by atoms with van der Waals surface area (Å²) >= 11 is 2.93. The number of hydrogen-bond acceptors (Lipinski definition) is 5. The molecule has 6 heteroatoms. The van der Waals surface area contributed by atoms with Gasteiger partial charge in [-0.15, -0.1) is 0 Å². The van der Waals surface area contributed by atoms with E-state index in [1.807, 2.05) is 0 Å². The molecule has 0 radical (unpaired) electrons. The highest BCUT2D eigenvalue weighted by molar-refractivity contribution is 9.10. The molecule has 5 nitrogen and oxygen atoms in total. The summed E-state index contributed by atoms with van der Waals surface area (Å²) in [5, 5.41) is 3.37. The number of aldehydes is 1. The molecule has 12 heavy (non-hydrogen) atoms. The van der Waals surface area contributed by atoms with Gasteiger partial charge in [-0.1, -0.05) is 5.16 Å². The first-order valence-electron chi connectivity index (χ1n) is 2.89. The topological polar surface area (TPSA) is 69.4 Å². The fourth-order valence-electron chi connectivity index (χ4n) is 0.650. The zero-order valence-corrected chi connectivity index (χ0v) is 7.62. The van der Waals surface area contributed by atoms with Crippen LogP contribution in [0.1, 0.15) is 20.9 Å². The van der Waals surface area contributed by atoms with Crippen molar-refractivity contribution in [1.29, 1.82) is 0 Å². The first kappa shape index (κ1) is 8.92. The highest BCUT2D eigenvalue weighted by Crippen LogP contribution is 2.18. The molecule has 64 valence electrons. The van der Waals surface area contributed by atoms with E-state index in [0.717, 1.165) is 0 Å². The molecule has 0 amide bonds. The number of aromatic nitrogens is 1. The van der Waals surface area contributed by atoms with Crippen molar-refractivity contribution in [3.63, 3.8) is 0 Å². The largest absolute Gasteiger partial charge is 0.465 e. The first-order chi connectivity index (χ1) is 5.70. The minimum Gasteiger partial charge on any atom is -0.465 e. The van der Waals surface area contributed by atoms with Crippen molar-refractivity contribution in [2.24, 2.45) is 0 Å². The van der Waals surface area contributed by atoms with Gasteiger partial charge in [-0.2, -0.15) is 0 Å². The standard InChI is InChI=1S/C6H4BrNO4/c1-11-6(10)4-3(2-9)12-8-5(4)7/h2H,1H3. The van der Waals surface area contributed by atoms with Crippen molar-refractivity contribution in [3.05, 3.63) is 15.9 Å². The Morgan fingerprint density at radius 1 is 1.75 bits per heavy atom. The Labute approximate surface area is 75.8 Å². The third kappa shape index (κ3) is 1.38. The second-order valence-corrected chi connectivity index (χ2v) is 2.57. The van der Waals surface area contributed by atoms with Crippen LogP contribution in [0.25, 0.3) is 0 Å². The quantitative estimate of drug-likeness (QED) is 0.564. The molecular formula is C6H4BrNO4. The molecule has 0 saturated carbocycles. The molecule has 0 unspecified atom stereocenters. The van der Waals surface area contributed by atoms with Crippen LogP contribution in [0, 0.1) is 0 Å². The van der Waals surface area contributed by atoms with Gasteiger partial charge < -0.3 is 9.26 Å². The number of methoxy groups -OCH3 is 1. The average molecular weight is 234 g/mol. The van der Waals surface area contributed by atoms with Crippen molar-refractivity contribution >= 4 is 28.2 Å². The average Bonchev–Trinajstić information content (AvgIpc) is 2.45. The van der Waals surface area contributed by atoms with Gasteiger partial charge in [-0.3, -0.25) is 4.79 Å². The van der Waals surface area contributed by atoms with E-state index < -0.39 is 5.97 Å². The Kier molecular flexibility index (Phi) is 2.59. The molecular weight excluding hydrogens is 230 g/mol. The molecule has 0 fully saturated rings. The molecule has 0 atom stereocenters. The molecule has 1 aromatic rings. The van der Waals surface area contributed by atoms with E-state index in [1.54, 1.807) is 0 Å². The summed E-state index contributed by atoms with van der Waals surface area (Å²) in [5.41, 5.74) is 0.00694. The number of carbonyl (C=O) groups is 2. The number of esters is 1. The van der Waals surface area contributed by atoms with Crippen LogP contribution < -0.4 is 0 Å². The van der Waals surface area contributed by atoms with Gasteiger partial charge in [-0.25, -0.2) is 4.79 Å². The first-order valence-corrected chi connectivity index (χ1v) is 3.68. The molecule has 0 aliphatic rings. The van der Waals surface area contributed by atoms with Gasteiger partial charge >= 0.3 is 5.97 Å². The summed E-state index contributed by atoms with van der Waals surface area (Å²) in [6.45, 7) is 0. The van der Waals surface area contributed by atoms with Crippen LogP contribution in [0.3, 0.4) is 0 Å². The molecule has 0 bridgehead atoms. The summed E-state index contributed by atoms with van der Waals surface area (Å²) < 4.78 is 9.06. The molecule has 0 aromatic carbocycles. The molecule has 0 saturated heterocycles. The zero-order valence-electron chi connectivity index (χ0n) is 6.04. The van der Waals surface area contributed by atoms with Gasteiger partial charge in [0.05, 0.1) is 7.11 Å². The van der Waals surface area contributed by atoms with E-state index in [2.05, 4.69) is 30.3 Å². The van der Waals surface area contributed by atoms with Gasteiger partial charge in [0.25, 0.3) is 0 Å². The number of nitrogens with zero attached hydrogens (tertiary/aromatic N) is 1. The lowest BCUT2D eigenvalue weighted by molar-refractivity contribution is 0.0596. The van der Waals surface area contributed by atoms with Crippen LogP contribution in [0.5, 0.6) is 0 Å². The predicted octanol–water partition coefficient (Wildman–Crippen LogP) is 1.04. The summed E-state index contributed by atoms with van der Waals surface area (Å²) in [7, 11) is 1.20. The lowest BCUT2D eigenvalue weighted by Crippen LogP contribution is -2.03. The smallest absolute Gasteiger partial charge is 0.344 e. The Morgan fingerprint density at radius 2 is 2.42 bits per heavy atom. The van der Waals surface area contributed by atoms with Crippen LogP contribution in [0.4, 0.5) is 0 Å². The number of rotatable bonds is 2. The zero-order chi connectivity index (χ0) is 9.14. The summed E-state index contributed by atoms with van der Waals surface area (Å²) in [5.74, 6) is -0.807. The van der Waals surface area contributed by atoms with E-state index >= 15 is 0 Å². The normalized spacial score (nSPS) is 9.50. The molecule has 0 N–H and O–H groups in total. The maximum absolute atomic E-state index is 11.0. The van der Waals surface area contributed by atoms with Crippen molar-refractivity contribution in [3.8, 4) is 0 Å². The highest BCUT2D eigenvalue weighted by Gasteiger charge is 2.21. The maximum Gasteiger partial charge on any atom is 0.344 e. The van der Waals surface area contributed by atoms with Crippen LogP contribution in [-0.4, -0.2) is 24.5 Å². The van der Waals surface area contributed by atoms with Crippen molar-refractivity contribution < 1.29 is 18.8 Å². The summed E-state index contributed by atoms with van der Waals surface area (Å²) in [6.07, 6.45) is 0.393. The summed E-state index contributed by atoms with van der Waals surface area (Å²) in [6, 6.07) is 0. The molecule has 1 rings (SSSR count). The molecule has 0 aliphatic carbocycles. The SMILES string of the molecule is COC(=O)c1c(Br)noc1C=O. The molecule has 1 heterocycles. The van der Waals surface area contributed by atoms with Crippen LogP contribution >= 0.6 is 15.9 Å². The van der Waals surface area contributed by atoms with E-state index in [0.29, 0.717) is 6.29 Å². The van der Waals surface area contributed by atoms with E-state index in [1.165, 1.54) is 7.11 Å². The summed E-state index contributed by atoms with van der Waals surface area (Å²) in [4.78, 5) is 21.3. The minimum absolute atomic E-state index is 0.00694. The van der Waals surface area contributed by atoms with Gasteiger partial charge in [-0.05, 0) is 15.9 Å². The molecule has 1 aromatic heterocycles. The lowest BCUT2D eigenvalue weighted by Gasteiger charge is -1.93. The number of halogens is 1. The maximum atomic E-state index is 11.0. The fourth-order valence-corrected chi connectivity index (χ4v) is 1.08. The number of hydrogen-bond donors (Lipinski definition) is 0. The second kappa shape index (κ2) is 3.48. The Hall–Kier alpha value is -1.17. The van der Waals surface area contributed by atoms with Gasteiger partial charge in [0.15, 0.2) is 10.9 Å². The number of ether oxygens (including phenoxy) is 1. The third-order valence-corrected chi connectivity index (χ3v) is 1.71. The van der Waals surface area contributed by atoms with Crippen molar-refractivity contribution in [2.45, 2.75) is 0 Å². The van der Waals surface area contributed by atoms with E-state index in [4.69, 9.17) is 0 Å². The van der Waals surface area contributed by atoms with Gasteiger partial charge in [0, 0.05) is 0 Å². The predicted molar refractivity (Wildman–Crippen MR) is 40.9 cm³/mol. The second-order valence-electron chi connectivity index (χ2n) is 1.82. The van der Waals surface area contributed by atoms with Gasteiger partial charge in [0.1, 0.15) is 5.56 Å². The minimum atomic E-state index is -0.662. The van der Waals surface area contributed by atoms with Crippen LogP contribution in [0.2, 0.25) is 0 Å². The molecule has 0 spiro atoms. The van der Waals surface area contributed by atoms with E-state index in [-0.39, 0.29) is 15.9 Å². The highest BCUT2D eigenvalue weighted by atomic mass is 79.9. The van der Waals surface area contributed by atoms with Crippen molar-refractivity contribution in [2.75, 3.05) is 7.11 Å². The number of carbonyl (C=O) groups excluding carboxylic acids is 2. The van der Waals surface area contributed by atoms with Crippen LogP contribution in [0.15, 0.2) is 9.13 Å². The Bertz CT molecular complexity index is 319. The van der Waals surface area contributed by atoms with Crippen molar-refractivity contribution in [1.82, 2.24) is 5.16 Å². The third-order valence-electron chi connectivity index (χ3n) is 1.17. The Morgan fingerprint density at radius 3 is 2.92 bits per heavy atom. The van der Waals surface area contributed by atoms with Gasteiger partial charge in [0.2, 0.25) is 5.76 Å². The monoisotopic (exact) mass is 233 g/mol. The van der Waals surface area contributed by atoms with E-state index in [9.17, 15) is 9.59 Å². The lowest BCUT2D eigenvalue weighted by atomic mass is 10.3. The van der Waals surface area contributed by atoms with Crippen LogP contribution in [-0.2, 0) is 4.74 Å². The fraction of sp³-hybridized carbons (Fsp3) is 0.167.